The van der Waals surface area contributed by atoms with Crippen LogP contribution in [0.15, 0.2) is 35.2 Å². The third-order valence-corrected chi connectivity index (χ3v) is 5.11. The molecule has 6 nitrogen and oxygen atoms in total. The van der Waals surface area contributed by atoms with Crippen molar-refractivity contribution in [1.82, 2.24) is 15.3 Å². The Bertz CT molecular complexity index is 815. The van der Waals surface area contributed by atoms with Crippen LogP contribution in [0.3, 0.4) is 0 Å². The number of halogens is 2. The largest absolute Gasteiger partial charge is 0.368 e. The average molecular weight is 407 g/mol. The van der Waals surface area contributed by atoms with E-state index in [9.17, 15) is 13.6 Å². The molecular formula is C19H23F2N5OS. The molecule has 2 N–H and O–H groups in total. The number of amides is 1. The van der Waals surface area contributed by atoms with Gasteiger partial charge >= 0.3 is 0 Å². The summed E-state index contributed by atoms with van der Waals surface area (Å²) in [5.74, 6) is -0.635. The monoisotopic (exact) mass is 407 g/mol. The summed E-state index contributed by atoms with van der Waals surface area (Å²) in [6, 6.07) is 8.27. The number of hydrogen-bond donors (Lipinski definition) is 2. The van der Waals surface area contributed by atoms with Crippen molar-refractivity contribution in [2.75, 3.05) is 36.4 Å². The van der Waals surface area contributed by atoms with E-state index >= 15 is 0 Å². The molecule has 0 saturated carbocycles. The lowest BCUT2D eigenvalue weighted by molar-refractivity contribution is 0.0952. The van der Waals surface area contributed by atoms with E-state index < -0.39 is 5.76 Å². The zero-order valence-corrected chi connectivity index (χ0v) is 16.4. The number of hydrogen-bond acceptors (Lipinski definition) is 6. The van der Waals surface area contributed by atoms with E-state index in [2.05, 4.69) is 25.5 Å². The molecule has 0 aliphatic carbocycles. The lowest BCUT2D eigenvalue weighted by atomic mass is 10.2. The van der Waals surface area contributed by atoms with E-state index in [0.29, 0.717) is 36.5 Å². The predicted octanol–water partition coefficient (Wildman–Crippen LogP) is 3.54. The Morgan fingerprint density at radius 1 is 1.21 bits per heavy atom. The van der Waals surface area contributed by atoms with Crippen LogP contribution in [0.25, 0.3) is 0 Å². The normalized spacial score (nSPS) is 13.8. The average Bonchev–Trinajstić information content (AvgIpc) is 3.19. The molecule has 0 atom stereocenters. The van der Waals surface area contributed by atoms with Crippen molar-refractivity contribution in [3.63, 3.8) is 0 Å². The van der Waals surface area contributed by atoms with Crippen molar-refractivity contribution < 1.29 is 13.6 Å². The van der Waals surface area contributed by atoms with Crippen LogP contribution in [0.1, 0.15) is 29.0 Å². The Kier molecular flexibility index (Phi) is 7.02. The number of carbonyl (C=O) groups excluding carboxylic acids is 1. The van der Waals surface area contributed by atoms with E-state index in [1.807, 2.05) is 13.0 Å². The summed E-state index contributed by atoms with van der Waals surface area (Å²) >= 11 is 0.373. The van der Waals surface area contributed by atoms with E-state index in [0.717, 1.165) is 18.9 Å². The molecule has 2 aromatic rings. The first kappa shape index (κ1) is 20.3. The van der Waals surface area contributed by atoms with Gasteiger partial charge in [-0.1, -0.05) is 23.9 Å². The van der Waals surface area contributed by atoms with Crippen LogP contribution < -0.4 is 15.5 Å². The second-order valence-corrected chi connectivity index (χ2v) is 7.44. The highest BCUT2D eigenvalue weighted by Gasteiger charge is 2.16. The van der Waals surface area contributed by atoms with Crippen molar-refractivity contribution in [1.29, 1.82) is 0 Å². The van der Waals surface area contributed by atoms with Crippen LogP contribution in [-0.2, 0) is 0 Å². The summed E-state index contributed by atoms with van der Waals surface area (Å²) < 4.78 is 25.3. The Hall–Kier alpha value is -2.42. The molecule has 1 aromatic heterocycles. The van der Waals surface area contributed by atoms with Gasteiger partial charge in [-0.3, -0.25) is 4.79 Å². The number of benzene rings is 1. The maximum atomic E-state index is 12.6. The molecule has 9 heteroatoms. The highest BCUT2D eigenvalue weighted by atomic mass is 32.2. The van der Waals surface area contributed by atoms with Crippen LogP contribution in [-0.4, -0.2) is 47.8 Å². The number of nitrogens with one attached hydrogen (secondary N) is 2. The van der Waals surface area contributed by atoms with Gasteiger partial charge in [0.05, 0.1) is 5.56 Å². The summed E-state index contributed by atoms with van der Waals surface area (Å²) in [6.45, 7) is 4.66. The van der Waals surface area contributed by atoms with Gasteiger partial charge in [-0.05, 0) is 31.9 Å². The number of aromatic nitrogens is 2. The minimum Gasteiger partial charge on any atom is -0.368 e. The highest BCUT2D eigenvalue weighted by molar-refractivity contribution is 7.99. The topological polar surface area (TPSA) is 70.2 Å². The van der Waals surface area contributed by atoms with Crippen LogP contribution >= 0.6 is 11.8 Å². The number of aryl methyl sites for hydroxylation is 1. The number of anilines is 2. The molecule has 1 amide bonds. The molecule has 1 saturated heterocycles. The van der Waals surface area contributed by atoms with Crippen molar-refractivity contribution in [2.24, 2.45) is 0 Å². The number of rotatable bonds is 8. The van der Waals surface area contributed by atoms with Gasteiger partial charge in [0.25, 0.3) is 11.7 Å². The van der Waals surface area contributed by atoms with Gasteiger partial charge in [0.1, 0.15) is 17.5 Å². The quantitative estimate of drug-likeness (QED) is 0.515. The van der Waals surface area contributed by atoms with E-state index in [4.69, 9.17) is 0 Å². The zero-order chi connectivity index (χ0) is 19.9. The number of carbonyl (C=O) groups is 1. The van der Waals surface area contributed by atoms with Crippen molar-refractivity contribution in [2.45, 2.75) is 30.4 Å². The number of alkyl halides is 2. The second-order valence-electron chi connectivity index (χ2n) is 6.41. The Balaban J connectivity index is 1.53. The number of thioether (sulfide) groups is 1. The third kappa shape index (κ3) is 5.54. The Morgan fingerprint density at radius 3 is 2.71 bits per heavy atom. The van der Waals surface area contributed by atoms with Crippen molar-refractivity contribution in [3.8, 4) is 0 Å². The lowest BCUT2D eigenvalue weighted by Crippen LogP contribution is -2.29. The molecule has 1 aliphatic rings. The molecule has 0 bridgehead atoms. The van der Waals surface area contributed by atoms with E-state index in [1.165, 1.54) is 18.9 Å². The SMILES string of the molecule is Cc1nc(NCCNC(=O)c2ccccc2SC(F)F)cc(N2CCCC2)n1. The van der Waals surface area contributed by atoms with Gasteiger partial charge < -0.3 is 15.5 Å². The highest BCUT2D eigenvalue weighted by Crippen LogP contribution is 2.28. The van der Waals surface area contributed by atoms with Crippen LogP contribution in [0, 0.1) is 6.92 Å². The van der Waals surface area contributed by atoms with Gasteiger partial charge in [0, 0.05) is 37.1 Å². The first-order chi connectivity index (χ1) is 13.5. The number of nitrogens with zero attached hydrogens (tertiary/aromatic N) is 3. The fourth-order valence-corrected chi connectivity index (χ4v) is 3.70. The molecule has 0 unspecified atom stereocenters. The minimum atomic E-state index is -2.57. The van der Waals surface area contributed by atoms with Crippen molar-refractivity contribution >= 4 is 29.3 Å². The fraction of sp³-hybridized carbons (Fsp3) is 0.421. The van der Waals surface area contributed by atoms with Crippen LogP contribution in [0.5, 0.6) is 0 Å². The third-order valence-electron chi connectivity index (χ3n) is 4.32. The second kappa shape index (κ2) is 9.68. The Morgan fingerprint density at radius 2 is 1.96 bits per heavy atom. The summed E-state index contributed by atoms with van der Waals surface area (Å²) in [7, 11) is 0. The molecule has 0 radical (unpaired) electrons. The standard InChI is InChI=1S/C19H23F2N5OS/c1-13-24-16(12-17(25-13)26-10-4-5-11-26)22-8-9-23-18(27)14-6-2-3-7-15(14)28-19(20)21/h2-3,6-7,12,19H,4-5,8-11H2,1H3,(H,23,27)(H,22,24,25). The molecular weight excluding hydrogens is 384 g/mol. The van der Waals surface area contributed by atoms with Gasteiger partial charge in [-0.2, -0.15) is 8.78 Å². The predicted molar refractivity (Wildman–Crippen MR) is 107 cm³/mol. The first-order valence-corrected chi connectivity index (χ1v) is 10.1. The molecule has 3 rings (SSSR count). The minimum absolute atomic E-state index is 0.252. The molecule has 150 valence electrons. The molecule has 1 aliphatic heterocycles. The maximum absolute atomic E-state index is 12.6. The summed E-state index contributed by atoms with van der Waals surface area (Å²) in [4.78, 5) is 23.7. The fourth-order valence-electron chi connectivity index (χ4n) is 3.07. The van der Waals surface area contributed by atoms with E-state index in [1.54, 1.807) is 18.2 Å². The Labute approximate surface area is 167 Å². The van der Waals surface area contributed by atoms with Crippen molar-refractivity contribution in [3.05, 3.63) is 41.7 Å². The van der Waals surface area contributed by atoms with Crippen LogP contribution in [0.4, 0.5) is 20.4 Å². The van der Waals surface area contributed by atoms with Gasteiger partial charge in [-0.15, -0.1) is 0 Å². The van der Waals surface area contributed by atoms with Gasteiger partial charge in [0.15, 0.2) is 0 Å². The summed E-state index contributed by atoms with van der Waals surface area (Å²) in [6.07, 6.45) is 2.34. The lowest BCUT2D eigenvalue weighted by Gasteiger charge is -2.18. The molecule has 1 aromatic carbocycles. The molecule has 1 fully saturated rings. The van der Waals surface area contributed by atoms with Gasteiger partial charge in [-0.25, -0.2) is 9.97 Å². The molecule has 0 spiro atoms. The first-order valence-electron chi connectivity index (χ1n) is 9.19. The van der Waals surface area contributed by atoms with Gasteiger partial charge in [0.2, 0.25) is 0 Å². The van der Waals surface area contributed by atoms with Crippen LogP contribution in [0.2, 0.25) is 0 Å². The smallest absolute Gasteiger partial charge is 0.288 e. The van der Waals surface area contributed by atoms with E-state index in [-0.39, 0.29) is 16.4 Å². The molecule has 28 heavy (non-hydrogen) atoms. The summed E-state index contributed by atoms with van der Waals surface area (Å²) in [5, 5.41) is 5.94. The summed E-state index contributed by atoms with van der Waals surface area (Å²) in [5.41, 5.74) is 0.252. The molecule has 2 heterocycles. The maximum Gasteiger partial charge on any atom is 0.288 e. The zero-order valence-electron chi connectivity index (χ0n) is 15.6.